The Morgan fingerprint density at radius 3 is 1.80 bits per heavy atom. The van der Waals surface area contributed by atoms with Crippen molar-refractivity contribution in [3.05, 3.63) is 0 Å². The first-order valence-corrected chi connectivity index (χ1v) is 1.64. The van der Waals surface area contributed by atoms with Gasteiger partial charge in [-0.1, -0.05) is 0 Å². The Labute approximate surface area is 34.3 Å². The topological polar surface area (TPSA) is 37.3 Å². The summed E-state index contributed by atoms with van der Waals surface area (Å²) in [7, 11) is 1.72. The molecule has 5 heavy (non-hydrogen) atoms. The molecule has 0 unspecified atom stereocenters. The lowest BCUT2D eigenvalue weighted by Crippen LogP contribution is -1.57. The van der Waals surface area contributed by atoms with E-state index in [0.29, 0.717) is 0 Å². The molecular weight excluding hydrogens is 84.1 g/mol. The normalized spacial score (nSPS) is 4.40. The highest BCUT2D eigenvalue weighted by Gasteiger charge is 1.34. The molecule has 0 saturated heterocycles. The second-order valence-corrected chi connectivity index (χ2v) is 0.316. The Morgan fingerprint density at radius 2 is 1.80 bits per heavy atom. The molecule has 2 nitrogen and oxygen atoms in total. The van der Waals surface area contributed by atoms with Crippen LogP contribution in [0.25, 0.3) is 0 Å². The first kappa shape index (κ1) is 8.88. The monoisotopic (exact) mass is 90.0 g/mol. The van der Waals surface area contributed by atoms with Gasteiger partial charge in [0.1, 0.15) is 0 Å². The fraction of sp³-hybridized carbons (Fsp3) is 1.00. The molecule has 0 fully saturated rings. The minimum Gasteiger partial charge on any atom is -0.397 e. The average molecular weight is 90.2 g/mol. The van der Waals surface area contributed by atoms with Crippen LogP contribution in [0, 0.1) is 0 Å². The van der Waals surface area contributed by atoms with Gasteiger partial charge in [-0.05, 0) is 6.92 Å². The van der Waals surface area contributed by atoms with Crippen LogP contribution >= 0.6 is 0 Å². The summed E-state index contributed by atoms with van der Waals surface area (Å²) in [5.74, 6) is 0. The van der Waals surface area contributed by atoms with Crippen molar-refractivity contribution in [2.45, 2.75) is 6.92 Å². The predicted molar refractivity (Wildman–Crippen MR) is 19.2 cm³/mol. The summed E-state index contributed by atoms with van der Waals surface area (Å²) in [6, 6.07) is 0. The molecule has 0 aromatic carbocycles. The van der Waals surface area contributed by atoms with Crippen molar-refractivity contribution in [2.75, 3.05) is 6.61 Å². The zero-order valence-corrected chi connectivity index (χ0v) is 4.06. The summed E-state index contributed by atoms with van der Waals surface area (Å²) in [6.45, 7) is 1.93. The maximum absolute atomic E-state index is 8.06. The second-order valence-electron chi connectivity index (χ2n) is 0.316. The maximum Gasteiger partial charge on any atom is 0.381 e. The van der Waals surface area contributed by atoms with Crippen LogP contribution in [-0.2, 0) is 4.46 Å². The Balaban J connectivity index is 0. The molecule has 0 rings (SSSR count). The Morgan fingerprint density at radius 1 is 1.80 bits per heavy atom. The summed E-state index contributed by atoms with van der Waals surface area (Å²) in [5, 5.41) is 7.57. The molecule has 0 aromatic heterocycles. The van der Waals surface area contributed by atoms with Crippen molar-refractivity contribution in [3.63, 3.8) is 0 Å². The number of hydrogen-bond donors (Lipinski definition) is 1. The van der Waals surface area contributed by atoms with Gasteiger partial charge < -0.3 is 9.57 Å². The van der Waals surface area contributed by atoms with E-state index in [9.17, 15) is 0 Å². The van der Waals surface area contributed by atoms with Crippen molar-refractivity contribution in [1.82, 2.24) is 0 Å². The molecule has 1 N–H and O–H groups in total. The molecule has 0 saturated carbocycles. The number of aliphatic hydroxyl groups excluding tert-OH is 1. The Kier molecular flexibility index (Phi) is 65.6. The molecule has 0 aliphatic carbocycles. The molecule has 0 spiro atoms. The van der Waals surface area contributed by atoms with Crippen LogP contribution in [0.5, 0.6) is 0 Å². The summed E-state index contributed by atoms with van der Waals surface area (Å²) in [6.07, 6.45) is 0. The summed E-state index contributed by atoms with van der Waals surface area (Å²) in [4.78, 5) is 0. The molecular formula is C2H6O2Si. The highest BCUT2D eigenvalue weighted by molar-refractivity contribution is 5.85. The van der Waals surface area contributed by atoms with E-state index in [1.54, 1.807) is 17.1 Å². The minimum absolute atomic E-state index is 0.250. The SMILES string of the molecule is CCO.O=[Si]. The number of hydrogen-bond acceptors (Lipinski definition) is 2. The summed E-state index contributed by atoms with van der Waals surface area (Å²) in [5.41, 5.74) is 0. The van der Waals surface area contributed by atoms with E-state index < -0.39 is 0 Å². The fourth-order valence-electron chi connectivity index (χ4n) is 0. The van der Waals surface area contributed by atoms with Crippen LogP contribution in [0.15, 0.2) is 0 Å². The molecule has 0 aliphatic rings. The molecule has 2 radical (unpaired) electrons. The lowest BCUT2D eigenvalue weighted by Gasteiger charge is -1.52. The quantitative estimate of drug-likeness (QED) is 0.407. The van der Waals surface area contributed by atoms with Gasteiger partial charge in [-0.25, -0.2) is 0 Å². The second kappa shape index (κ2) is 36.9. The molecule has 0 atom stereocenters. The van der Waals surface area contributed by atoms with E-state index in [4.69, 9.17) is 9.57 Å². The molecule has 0 aliphatic heterocycles. The van der Waals surface area contributed by atoms with Crippen LogP contribution in [-0.4, -0.2) is 21.8 Å². The highest BCUT2D eigenvalue weighted by atomic mass is 28.1. The van der Waals surface area contributed by atoms with Crippen LogP contribution in [0.1, 0.15) is 6.92 Å². The standard InChI is InChI=1S/C2H6O.OSi/c1-2-3;1-2/h3H,2H2,1H3;. The van der Waals surface area contributed by atoms with Crippen molar-refractivity contribution >= 4 is 10.1 Å². The number of rotatable bonds is 0. The van der Waals surface area contributed by atoms with Crippen molar-refractivity contribution in [3.8, 4) is 0 Å². The predicted octanol–water partition coefficient (Wildman–Crippen LogP) is -0.501. The molecule has 3 heteroatoms. The minimum atomic E-state index is 0.250. The third-order valence-electron chi connectivity index (χ3n) is 0. The van der Waals surface area contributed by atoms with Gasteiger partial charge in [-0.15, -0.1) is 0 Å². The van der Waals surface area contributed by atoms with Gasteiger partial charge in [0.05, 0.1) is 0 Å². The smallest absolute Gasteiger partial charge is 0.381 e. The zero-order chi connectivity index (χ0) is 4.71. The van der Waals surface area contributed by atoms with Gasteiger partial charge in [0.15, 0.2) is 0 Å². The van der Waals surface area contributed by atoms with E-state index >= 15 is 0 Å². The van der Waals surface area contributed by atoms with E-state index in [0.717, 1.165) is 0 Å². The third kappa shape index (κ3) is 29100. The molecule has 0 amide bonds. The van der Waals surface area contributed by atoms with Gasteiger partial charge in [-0.2, -0.15) is 0 Å². The van der Waals surface area contributed by atoms with Crippen molar-refractivity contribution in [2.24, 2.45) is 0 Å². The summed E-state index contributed by atoms with van der Waals surface area (Å²) < 4.78 is 8.06. The van der Waals surface area contributed by atoms with E-state index in [1.165, 1.54) is 0 Å². The molecule has 0 heterocycles. The zero-order valence-electron chi connectivity index (χ0n) is 3.06. The largest absolute Gasteiger partial charge is 0.397 e. The van der Waals surface area contributed by atoms with Gasteiger partial charge in [-0.3, -0.25) is 0 Å². The van der Waals surface area contributed by atoms with Crippen LogP contribution in [0.3, 0.4) is 0 Å². The van der Waals surface area contributed by atoms with Crippen LogP contribution in [0.4, 0.5) is 0 Å². The van der Waals surface area contributed by atoms with Gasteiger partial charge in [0.25, 0.3) is 0 Å². The lowest BCUT2D eigenvalue weighted by molar-refractivity contribution is 0.318. The van der Waals surface area contributed by atoms with E-state index in [1.807, 2.05) is 0 Å². The van der Waals surface area contributed by atoms with E-state index in [-0.39, 0.29) is 6.61 Å². The third-order valence-corrected chi connectivity index (χ3v) is 0. The van der Waals surface area contributed by atoms with Crippen LogP contribution in [0.2, 0.25) is 0 Å². The maximum atomic E-state index is 8.06. The molecule has 0 aromatic rings. The van der Waals surface area contributed by atoms with Crippen molar-refractivity contribution < 1.29 is 9.57 Å². The number of aliphatic hydroxyl groups is 1. The lowest BCUT2D eigenvalue weighted by atomic mass is 10.9. The first-order valence-electron chi connectivity index (χ1n) is 1.23. The van der Waals surface area contributed by atoms with Crippen LogP contribution < -0.4 is 0 Å². The summed E-state index contributed by atoms with van der Waals surface area (Å²) >= 11 is 0. The van der Waals surface area contributed by atoms with Gasteiger partial charge in [0.2, 0.25) is 0 Å². The molecule has 30 valence electrons. The van der Waals surface area contributed by atoms with Crippen molar-refractivity contribution in [1.29, 1.82) is 0 Å². The average Bonchev–Trinajstić information content (AvgIpc) is 1.46. The van der Waals surface area contributed by atoms with E-state index in [2.05, 4.69) is 0 Å². The van der Waals surface area contributed by atoms with Gasteiger partial charge in [0, 0.05) is 6.61 Å². The first-order chi connectivity index (χ1) is 2.41. The van der Waals surface area contributed by atoms with Gasteiger partial charge >= 0.3 is 10.1 Å². The molecule has 0 bridgehead atoms. The fourth-order valence-corrected chi connectivity index (χ4v) is 0. The highest BCUT2D eigenvalue weighted by Crippen LogP contribution is 1.30. The Bertz CT molecular complexity index is 11.6. The Hall–Kier alpha value is -0.0231.